The molecule has 2 atom stereocenters. The van der Waals surface area contributed by atoms with Gasteiger partial charge in [-0.3, -0.25) is 0 Å². The summed E-state index contributed by atoms with van der Waals surface area (Å²) in [5, 5.41) is 9.83. The molecule has 0 N–H and O–H groups in total. The molecule has 3 aromatic rings. The van der Waals surface area contributed by atoms with Gasteiger partial charge in [0.15, 0.2) is 0 Å². The van der Waals surface area contributed by atoms with Crippen molar-refractivity contribution in [1.29, 1.82) is 0 Å². The molecule has 3 nitrogen and oxygen atoms in total. The Bertz CT molecular complexity index is 791. The summed E-state index contributed by atoms with van der Waals surface area (Å²) in [6.45, 7) is 4.25. The van der Waals surface area contributed by atoms with Gasteiger partial charge in [0.05, 0.1) is 0 Å². The molecule has 0 aliphatic carbocycles. The van der Waals surface area contributed by atoms with Gasteiger partial charge in [-0.1, -0.05) is 78.8 Å². The molecular formula is C19H19ClN2OS. The summed E-state index contributed by atoms with van der Waals surface area (Å²) >= 11 is 7.78. The quantitative estimate of drug-likeness (QED) is 0.512. The van der Waals surface area contributed by atoms with Crippen molar-refractivity contribution in [2.45, 2.75) is 36.7 Å². The minimum atomic E-state index is 0.151. The molecule has 0 saturated heterocycles. The van der Waals surface area contributed by atoms with Crippen LogP contribution in [0.5, 0.6) is 0 Å². The van der Waals surface area contributed by atoms with E-state index in [1.165, 1.54) is 17.3 Å². The Morgan fingerprint density at radius 1 is 1.00 bits per heavy atom. The van der Waals surface area contributed by atoms with E-state index in [-0.39, 0.29) is 5.25 Å². The van der Waals surface area contributed by atoms with Crippen LogP contribution >= 0.6 is 23.4 Å². The highest BCUT2D eigenvalue weighted by molar-refractivity contribution is 7.99. The first-order valence-corrected chi connectivity index (χ1v) is 9.17. The Kier molecular flexibility index (Phi) is 5.59. The SMILES string of the molecule is CC(Cc1nnc(SC(C)c2ccccc2Cl)o1)c1ccccc1. The van der Waals surface area contributed by atoms with Gasteiger partial charge in [0.1, 0.15) is 0 Å². The largest absolute Gasteiger partial charge is 0.416 e. The van der Waals surface area contributed by atoms with Crippen LogP contribution in [-0.4, -0.2) is 10.2 Å². The molecule has 2 unspecified atom stereocenters. The fourth-order valence-electron chi connectivity index (χ4n) is 2.55. The normalized spacial score (nSPS) is 13.6. The number of aromatic nitrogens is 2. The minimum absolute atomic E-state index is 0.151. The lowest BCUT2D eigenvalue weighted by molar-refractivity contribution is 0.404. The molecule has 0 fully saturated rings. The van der Waals surface area contributed by atoms with Crippen molar-refractivity contribution in [1.82, 2.24) is 10.2 Å². The highest BCUT2D eigenvalue weighted by Gasteiger charge is 2.17. The number of benzene rings is 2. The smallest absolute Gasteiger partial charge is 0.277 e. The molecule has 5 heteroatoms. The molecule has 0 radical (unpaired) electrons. The van der Waals surface area contributed by atoms with Crippen LogP contribution in [0, 0.1) is 0 Å². The highest BCUT2D eigenvalue weighted by Crippen LogP contribution is 2.37. The summed E-state index contributed by atoms with van der Waals surface area (Å²) < 4.78 is 5.81. The second-order valence-corrected chi connectivity index (χ2v) is 7.46. The fourth-order valence-corrected chi connectivity index (χ4v) is 3.78. The topological polar surface area (TPSA) is 38.9 Å². The van der Waals surface area contributed by atoms with Gasteiger partial charge >= 0.3 is 0 Å². The fraction of sp³-hybridized carbons (Fsp3) is 0.263. The molecular weight excluding hydrogens is 340 g/mol. The zero-order valence-electron chi connectivity index (χ0n) is 13.6. The second kappa shape index (κ2) is 7.86. The number of hydrogen-bond donors (Lipinski definition) is 0. The van der Waals surface area contributed by atoms with Gasteiger partial charge in [-0.2, -0.15) is 0 Å². The minimum Gasteiger partial charge on any atom is -0.416 e. The van der Waals surface area contributed by atoms with Crippen LogP contribution in [0.1, 0.15) is 42.0 Å². The Morgan fingerprint density at radius 2 is 1.71 bits per heavy atom. The molecule has 0 aliphatic heterocycles. The van der Waals surface area contributed by atoms with E-state index in [2.05, 4.69) is 36.2 Å². The molecule has 3 rings (SSSR count). The first kappa shape index (κ1) is 17.1. The molecule has 0 spiro atoms. The maximum absolute atomic E-state index is 6.25. The van der Waals surface area contributed by atoms with Crippen LogP contribution in [0.4, 0.5) is 0 Å². The van der Waals surface area contributed by atoms with Crippen molar-refractivity contribution in [3.05, 3.63) is 76.6 Å². The summed E-state index contributed by atoms with van der Waals surface area (Å²) in [5.41, 5.74) is 2.34. The molecule has 1 heterocycles. The van der Waals surface area contributed by atoms with Gasteiger partial charge in [-0.15, -0.1) is 10.2 Å². The number of thioether (sulfide) groups is 1. The number of halogens is 1. The van der Waals surface area contributed by atoms with Crippen molar-refractivity contribution >= 4 is 23.4 Å². The number of rotatable bonds is 6. The number of nitrogens with zero attached hydrogens (tertiary/aromatic N) is 2. The molecule has 0 amide bonds. The van der Waals surface area contributed by atoms with E-state index < -0.39 is 0 Å². The summed E-state index contributed by atoms with van der Waals surface area (Å²) in [7, 11) is 0. The third-order valence-electron chi connectivity index (χ3n) is 3.92. The number of hydrogen-bond acceptors (Lipinski definition) is 4. The molecule has 0 aliphatic rings. The lowest BCUT2D eigenvalue weighted by atomic mass is 9.98. The van der Waals surface area contributed by atoms with E-state index in [0.29, 0.717) is 17.0 Å². The van der Waals surface area contributed by atoms with Gasteiger partial charge in [-0.25, -0.2) is 0 Å². The summed E-state index contributed by atoms with van der Waals surface area (Å²) in [5.74, 6) is 1.01. The average molecular weight is 359 g/mol. The van der Waals surface area contributed by atoms with Crippen LogP contribution < -0.4 is 0 Å². The van der Waals surface area contributed by atoms with Crippen molar-refractivity contribution < 1.29 is 4.42 Å². The van der Waals surface area contributed by atoms with Crippen LogP contribution in [0.15, 0.2) is 64.2 Å². The first-order chi connectivity index (χ1) is 11.6. The third kappa shape index (κ3) is 4.19. The van der Waals surface area contributed by atoms with Crippen LogP contribution in [0.3, 0.4) is 0 Å². The molecule has 2 aromatic carbocycles. The zero-order valence-corrected chi connectivity index (χ0v) is 15.2. The van der Waals surface area contributed by atoms with Crippen LogP contribution in [0.25, 0.3) is 0 Å². The van der Waals surface area contributed by atoms with Gasteiger partial charge in [0, 0.05) is 16.7 Å². The Balaban J connectivity index is 1.64. The van der Waals surface area contributed by atoms with Gasteiger partial charge in [0.25, 0.3) is 5.22 Å². The van der Waals surface area contributed by atoms with E-state index >= 15 is 0 Å². The summed E-state index contributed by atoms with van der Waals surface area (Å²) in [6, 6.07) is 18.2. The van der Waals surface area contributed by atoms with E-state index in [9.17, 15) is 0 Å². The Morgan fingerprint density at radius 3 is 2.46 bits per heavy atom. The van der Waals surface area contributed by atoms with E-state index in [4.69, 9.17) is 16.0 Å². The van der Waals surface area contributed by atoms with Crippen molar-refractivity contribution in [2.75, 3.05) is 0 Å². The molecule has 24 heavy (non-hydrogen) atoms. The third-order valence-corrected chi connectivity index (χ3v) is 5.24. The lowest BCUT2D eigenvalue weighted by Crippen LogP contribution is -1.98. The maximum atomic E-state index is 6.25. The second-order valence-electron chi connectivity index (χ2n) is 5.76. The Hall–Kier alpha value is -1.78. The average Bonchev–Trinajstić information content (AvgIpc) is 3.02. The van der Waals surface area contributed by atoms with Crippen molar-refractivity contribution in [3.63, 3.8) is 0 Å². The molecule has 124 valence electrons. The molecule has 0 saturated carbocycles. The summed E-state index contributed by atoms with van der Waals surface area (Å²) in [4.78, 5) is 0. The lowest BCUT2D eigenvalue weighted by Gasteiger charge is -2.10. The standard InChI is InChI=1S/C19H19ClN2OS/c1-13(15-8-4-3-5-9-15)12-18-21-22-19(23-18)24-14(2)16-10-6-7-11-17(16)20/h3-11,13-14H,12H2,1-2H3. The van der Waals surface area contributed by atoms with E-state index in [1.54, 1.807) is 0 Å². The predicted molar refractivity (Wildman–Crippen MR) is 98.6 cm³/mol. The molecule has 0 bridgehead atoms. The first-order valence-electron chi connectivity index (χ1n) is 7.92. The van der Waals surface area contributed by atoms with Gasteiger partial charge in [-0.05, 0) is 30.0 Å². The zero-order chi connectivity index (χ0) is 16.9. The van der Waals surface area contributed by atoms with Gasteiger partial charge in [0.2, 0.25) is 5.89 Å². The van der Waals surface area contributed by atoms with Crippen molar-refractivity contribution in [2.24, 2.45) is 0 Å². The van der Waals surface area contributed by atoms with E-state index in [1.807, 2.05) is 42.5 Å². The monoisotopic (exact) mass is 358 g/mol. The van der Waals surface area contributed by atoms with Crippen molar-refractivity contribution in [3.8, 4) is 0 Å². The van der Waals surface area contributed by atoms with Crippen LogP contribution in [-0.2, 0) is 6.42 Å². The Labute approximate surface area is 151 Å². The maximum Gasteiger partial charge on any atom is 0.277 e. The predicted octanol–water partition coefficient (Wildman–Crippen LogP) is 5.92. The molecule has 1 aromatic heterocycles. The summed E-state index contributed by atoms with van der Waals surface area (Å²) in [6.07, 6.45) is 0.734. The van der Waals surface area contributed by atoms with E-state index in [0.717, 1.165) is 17.0 Å². The van der Waals surface area contributed by atoms with Crippen LogP contribution in [0.2, 0.25) is 5.02 Å². The highest BCUT2D eigenvalue weighted by atomic mass is 35.5. The van der Waals surface area contributed by atoms with Gasteiger partial charge < -0.3 is 4.42 Å².